The Morgan fingerprint density at radius 2 is 1.96 bits per heavy atom. The summed E-state index contributed by atoms with van der Waals surface area (Å²) in [7, 11) is 1.85. The number of rotatable bonds is 5. The summed E-state index contributed by atoms with van der Waals surface area (Å²) in [5, 5.41) is 4.50. The number of carbonyl (C=O) groups excluding carboxylic acids is 1. The molecule has 1 aromatic carbocycles. The molecule has 3 rings (SSSR count). The molecule has 0 aliphatic rings. The molecule has 0 saturated carbocycles. The van der Waals surface area contributed by atoms with Crippen LogP contribution in [0.2, 0.25) is 0 Å². The zero-order chi connectivity index (χ0) is 18.8. The Kier molecular flexibility index (Phi) is 5.41. The third-order valence-corrected chi connectivity index (χ3v) is 5.44. The van der Waals surface area contributed by atoms with E-state index in [-0.39, 0.29) is 5.91 Å². The van der Waals surface area contributed by atoms with E-state index in [1.54, 1.807) is 4.90 Å². The van der Waals surface area contributed by atoms with Crippen LogP contribution in [0.25, 0.3) is 5.65 Å². The molecular weight excluding hydrogens is 392 g/mol. The second-order valence-electron chi connectivity index (χ2n) is 6.66. The lowest BCUT2D eigenvalue weighted by molar-refractivity contribution is -0.130. The van der Waals surface area contributed by atoms with Crippen molar-refractivity contribution in [3.63, 3.8) is 0 Å². The predicted molar refractivity (Wildman–Crippen MR) is 106 cm³/mol. The molecular formula is C20H23BrN4O. The molecule has 0 aliphatic carbocycles. The van der Waals surface area contributed by atoms with Gasteiger partial charge >= 0.3 is 0 Å². The quantitative estimate of drug-likeness (QED) is 0.633. The van der Waals surface area contributed by atoms with Crippen molar-refractivity contribution in [2.75, 3.05) is 7.05 Å². The Labute approximate surface area is 162 Å². The van der Waals surface area contributed by atoms with Gasteiger partial charge in [0.1, 0.15) is 0 Å². The number of fused-ring (bicyclic) bond motifs is 1. The van der Waals surface area contributed by atoms with Crippen molar-refractivity contribution in [3.05, 3.63) is 63.0 Å². The van der Waals surface area contributed by atoms with Gasteiger partial charge in [0.2, 0.25) is 5.91 Å². The summed E-state index contributed by atoms with van der Waals surface area (Å²) >= 11 is 3.54. The molecule has 0 radical (unpaired) electrons. The average Bonchev–Trinajstić information content (AvgIpc) is 2.97. The van der Waals surface area contributed by atoms with Gasteiger partial charge in [0.05, 0.1) is 5.69 Å². The summed E-state index contributed by atoms with van der Waals surface area (Å²) in [4.78, 5) is 19.0. The Morgan fingerprint density at radius 3 is 2.69 bits per heavy atom. The molecule has 0 aliphatic heterocycles. The molecule has 0 bridgehead atoms. The van der Waals surface area contributed by atoms with Crippen molar-refractivity contribution < 1.29 is 4.79 Å². The number of amides is 1. The maximum absolute atomic E-state index is 12.6. The monoisotopic (exact) mass is 414 g/mol. The van der Waals surface area contributed by atoms with Crippen LogP contribution in [0.4, 0.5) is 0 Å². The van der Waals surface area contributed by atoms with Crippen molar-refractivity contribution in [2.24, 2.45) is 0 Å². The first-order valence-electron chi connectivity index (χ1n) is 8.66. The van der Waals surface area contributed by atoms with Gasteiger partial charge in [-0.05, 0) is 44.4 Å². The number of benzene rings is 1. The van der Waals surface area contributed by atoms with Crippen LogP contribution >= 0.6 is 15.9 Å². The maximum atomic E-state index is 12.6. The van der Waals surface area contributed by atoms with Gasteiger partial charge in [-0.25, -0.2) is 9.50 Å². The lowest BCUT2D eigenvalue weighted by atomic mass is 10.1. The molecule has 1 amide bonds. The normalized spacial score (nSPS) is 11.1. The number of aromatic nitrogens is 3. The molecule has 0 spiro atoms. The van der Waals surface area contributed by atoms with Crippen LogP contribution in [0.3, 0.4) is 0 Å². The summed E-state index contributed by atoms with van der Waals surface area (Å²) in [5.41, 5.74) is 6.03. The fourth-order valence-electron chi connectivity index (χ4n) is 3.20. The van der Waals surface area contributed by atoms with E-state index in [1.165, 1.54) is 0 Å². The molecule has 2 heterocycles. The van der Waals surface area contributed by atoms with Gasteiger partial charge in [0, 0.05) is 41.9 Å². The molecule has 0 unspecified atom stereocenters. The second kappa shape index (κ2) is 7.58. The minimum atomic E-state index is 0.122. The summed E-state index contributed by atoms with van der Waals surface area (Å²) in [6, 6.07) is 9.95. The highest BCUT2D eigenvalue weighted by atomic mass is 79.9. The molecule has 0 N–H and O–H groups in total. The predicted octanol–water partition coefficient (Wildman–Crippen LogP) is 4.01. The van der Waals surface area contributed by atoms with Gasteiger partial charge in [-0.1, -0.05) is 34.1 Å². The zero-order valence-corrected chi connectivity index (χ0v) is 17.2. The van der Waals surface area contributed by atoms with E-state index >= 15 is 0 Å². The topological polar surface area (TPSA) is 50.5 Å². The van der Waals surface area contributed by atoms with Crippen molar-refractivity contribution in [1.82, 2.24) is 19.5 Å². The van der Waals surface area contributed by atoms with Gasteiger partial charge < -0.3 is 4.90 Å². The first-order chi connectivity index (χ1) is 12.4. The van der Waals surface area contributed by atoms with Gasteiger partial charge in [-0.3, -0.25) is 4.79 Å². The number of halogens is 1. The molecule has 2 aromatic heterocycles. The molecule has 5 nitrogen and oxygen atoms in total. The van der Waals surface area contributed by atoms with Crippen LogP contribution in [0, 0.1) is 20.8 Å². The average molecular weight is 415 g/mol. The molecule has 3 aromatic rings. The molecule has 0 fully saturated rings. The second-order valence-corrected chi connectivity index (χ2v) is 7.51. The standard InChI is InChI=1S/C20H23BrN4O/c1-13-11-19-22-14(2)17(15(3)25(19)23-13)9-10-20(26)24(4)12-16-7-5-6-8-18(16)21/h5-8,11H,9-10,12H2,1-4H3. The Balaban J connectivity index is 1.71. The highest BCUT2D eigenvalue weighted by molar-refractivity contribution is 9.10. The number of carbonyl (C=O) groups is 1. The third kappa shape index (κ3) is 3.80. The van der Waals surface area contributed by atoms with Crippen molar-refractivity contribution >= 4 is 27.5 Å². The van der Waals surface area contributed by atoms with E-state index in [1.807, 2.05) is 62.7 Å². The highest BCUT2D eigenvalue weighted by Crippen LogP contribution is 2.19. The first-order valence-corrected chi connectivity index (χ1v) is 9.46. The zero-order valence-electron chi connectivity index (χ0n) is 15.6. The van der Waals surface area contributed by atoms with E-state index in [2.05, 4.69) is 26.0 Å². The van der Waals surface area contributed by atoms with Crippen LogP contribution in [-0.4, -0.2) is 32.5 Å². The largest absolute Gasteiger partial charge is 0.341 e. The van der Waals surface area contributed by atoms with Crippen LogP contribution in [-0.2, 0) is 17.8 Å². The lowest BCUT2D eigenvalue weighted by Crippen LogP contribution is -2.26. The van der Waals surface area contributed by atoms with Gasteiger partial charge in [0.15, 0.2) is 5.65 Å². The summed E-state index contributed by atoms with van der Waals surface area (Å²) < 4.78 is 2.89. The minimum Gasteiger partial charge on any atom is -0.341 e. The lowest BCUT2D eigenvalue weighted by Gasteiger charge is -2.19. The number of nitrogens with zero attached hydrogens (tertiary/aromatic N) is 4. The summed E-state index contributed by atoms with van der Waals surface area (Å²) in [5.74, 6) is 0.122. The van der Waals surface area contributed by atoms with Crippen molar-refractivity contribution in [3.8, 4) is 0 Å². The molecule has 0 atom stereocenters. The van der Waals surface area contributed by atoms with Gasteiger partial charge in [-0.2, -0.15) is 5.10 Å². The Bertz CT molecular complexity index is 964. The van der Waals surface area contributed by atoms with E-state index in [0.29, 0.717) is 19.4 Å². The third-order valence-electron chi connectivity index (χ3n) is 4.67. The van der Waals surface area contributed by atoms with Gasteiger partial charge in [-0.15, -0.1) is 0 Å². The van der Waals surface area contributed by atoms with Crippen molar-refractivity contribution in [1.29, 1.82) is 0 Å². The summed E-state index contributed by atoms with van der Waals surface area (Å²) in [6.07, 6.45) is 1.12. The smallest absolute Gasteiger partial charge is 0.222 e. The highest BCUT2D eigenvalue weighted by Gasteiger charge is 2.15. The fourth-order valence-corrected chi connectivity index (χ4v) is 3.61. The van der Waals surface area contributed by atoms with Gasteiger partial charge in [0.25, 0.3) is 0 Å². The van der Waals surface area contributed by atoms with E-state index in [0.717, 1.165) is 38.3 Å². The Hall–Kier alpha value is -2.21. The number of aryl methyl sites for hydroxylation is 3. The van der Waals surface area contributed by atoms with Crippen LogP contribution in [0.1, 0.15) is 34.6 Å². The molecule has 6 heteroatoms. The van der Waals surface area contributed by atoms with Crippen LogP contribution in [0.5, 0.6) is 0 Å². The maximum Gasteiger partial charge on any atom is 0.222 e. The Morgan fingerprint density at radius 1 is 1.23 bits per heavy atom. The molecule has 26 heavy (non-hydrogen) atoms. The van der Waals surface area contributed by atoms with Crippen LogP contribution in [0.15, 0.2) is 34.8 Å². The summed E-state index contributed by atoms with van der Waals surface area (Å²) in [6.45, 7) is 6.59. The van der Waals surface area contributed by atoms with Crippen molar-refractivity contribution in [2.45, 2.75) is 40.2 Å². The molecule has 0 saturated heterocycles. The minimum absolute atomic E-state index is 0.122. The number of hydrogen-bond donors (Lipinski definition) is 0. The first kappa shape index (κ1) is 18.6. The van der Waals surface area contributed by atoms with E-state index in [4.69, 9.17) is 0 Å². The van der Waals surface area contributed by atoms with E-state index < -0.39 is 0 Å². The van der Waals surface area contributed by atoms with E-state index in [9.17, 15) is 4.79 Å². The number of hydrogen-bond acceptors (Lipinski definition) is 3. The van der Waals surface area contributed by atoms with Crippen LogP contribution < -0.4 is 0 Å². The fraction of sp³-hybridized carbons (Fsp3) is 0.350. The molecule has 136 valence electrons. The SMILES string of the molecule is Cc1cc2nc(C)c(CCC(=O)N(C)Cc3ccccc3Br)c(C)n2n1.